The van der Waals surface area contributed by atoms with E-state index in [0.29, 0.717) is 23.4 Å². The number of nitrogens with zero attached hydrogens (tertiary/aromatic N) is 2. The van der Waals surface area contributed by atoms with E-state index in [2.05, 4.69) is 5.32 Å². The fraction of sp³-hybridized carbons (Fsp3) is 0.556. The number of halogens is 2. The SMILES string of the molecule is CN(Cc1c(F)cccc1Cl)CN1C(=O)NC2(CCCCCC2)C1=O. The van der Waals surface area contributed by atoms with Crippen LogP contribution in [-0.2, 0) is 11.3 Å². The average molecular weight is 368 g/mol. The minimum Gasteiger partial charge on any atom is -0.323 e. The van der Waals surface area contributed by atoms with Crippen LogP contribution in [0, 0.1) is 5.82 Å². The van der Waals surface area contributed by atoms with E-state index in [4.69, 9.17) is 11.6 Å². The quantitative estimate of drug-likeness (QED) is 0.828. The van der Waals surface area contributed by atoms with Gasteiger partial charge in [-0.25, -0.2) is 14.1 Å². The maximum atomic E-state index is 13.9. The van der Waals surface area contributed by atoms with Gasteiger partial charge in [-0.15, -0.1) is 0 Å². The van der Waals surface area contributed by atoms with Gasteiger partial charge in [0.05, 0.1) is 6.67 Å². The molecule has 1 aliphatic carbocycles. The summed E-state index contributed by atoms with van der Waals surface area (Å²) in [4.78, 5) is 28.2. The lowest BCUT2D eigenvalue weighted by Crippen LogP contribution is -2.47. The van der Waals surface area contributed by atoms with E-state index in [1.165, 1.54) is 11.0 Å². The van der Waals surface area contributed by atoms with E-state index < -0.39 is 11.4 Å². The highest BCUT2D eigenvalue weighted by atomic mass is 35.5. The number of hydrogen-bond acceptors (Lipinski definition) is 3. The molecule has 0 radical (unpaired) electrons. The molecule has 1 spiro atoms. The first-order valence-corrected chi connectivity index (χ1v) is 9.06. The predicted molar refractivity (Wildman–Crippen MR) is 93.6 cm³/mol. The van der Waals surface area contributed by atoms with Crippen LogP contribution in [-0.4, -0.2) is 41.0 Å². The monoisotopic (exact) mass is 367 g/mol. The van der Waals surface area contributed by atoms with Gasteiger partial charge in [0.1, 0.15) is 11.4 Å². The third kappa shape index (κ3) is 3.65. The number of amides is 3. The summed E-state index contributed by atoms with van der Waals surface area (Å²) >= 11 is 6.06. The molecule has 0 bridgehead atoms. The zero-order valence-corrected chi connectivity index (χ0v) is 15.1. The van der Waals surface area contributed by atoms with Crippen molar-refractivity contribution in [3.63, 3.8) is 0 Å². The molecule has 0 aromatic heterocycles. The number of urea groups is 1. The standard InChI is InChI=1S/C18H23ClFN3O2/c1-22(11-13-14(19)7-6-8-15(13)20)12-23-16(24)18(21-17(23)25)9-4-2-3-5-10-18/h6-8H,2-5,9-12H2,1H3,(H,21,25). The van der Waals surface area contributed by atoms with Crippen LogP contribution in [0.1, 0.15) is 44.1 Å². The lowest BCUT2D eigenvalue weighted by Gasteiger charge is -2.26. The molecule has 5 nitrogen and oxygen atoms in total. The highest BCUT2D eigenvalue weighted by Gasteiger charge is 2.50. The summed E-state index contributed by atoms with van der Waals surface area (Å²) < 4.78 is 13.9. The molecule has 1 saturated carbocycles. The number of nitrogens with one attached hydrogen (secondary N) is 1. The third-order valence-corrected chi connectivity index (χ3v) is 5.43. The van der Waals surface area contributed by atoms with Crippen molar-refractivity contribution >= 4 is 23.5 Å². The van der Waals surface area contributed by atoms with Crippen molar-refractivity contribution in [3.05, 3.63) is 34.6 Å². The minimum atomic E-state index is -0.746. The summed E-state index contributed by atoms with van der Waals surface area (Å²) in [5, 5.41) is 3.25. The maximum absolute atomic E-state index is 13.9. The molecule has 7 heteroatoms. The van der Waals surface area contributed by atoms with Crippen LogP contribution in [0.3, 0.4) is 0 Å². The molecule has 0 atom stereocenters. The highest BCUT2D eigenvalue weighted by Crippen LogP contribution is 2.33. The van der Waals surface area contributed by atoms with Crippen LogP contribution in [0.25, 0.3) is 0 Å². The van der Waals surface area contributed by atoms with Gasteiger partial charge in [-0.1, -0.05) is 43.4 Å². The number of imide groups is 1. The Balaban J connectivity index is 1.70. The molecule has 1 saturated heterocycles. The Morgan fingerprint density at radius 2 is 1.92 bits per heavy atom. The van der Waals surface area contributed by atoms with E-state index >= 15 is 0 Å². The van der Waals surface area contributed by atoms with Crippen molar-refractivity contribution in [2.24, 2.45) is 0 Å². The number of rotatable bonds is 4. The summed E-state index contributed by atoms with van der Waals surface area (Å²) in [6.07, 6.45) is 5.46. The van der Waals surface area contributed by atoms with Gasteiger partial charge < -0.3 is 5.32 Å². The fourth-order valence-corrected chi connectivity index (χ4v) is 3.94. The molecular weight excluding hydrogens is 345 g/mol. The van der Waals surface area contributed by atoms with Crippen molar-refractivity contribution in [1.82, 2.24) is 15.1 Å². The molecule has 2 fully saturated rings. The summed E-state index contributed by atoms with van der Waals surface area (Å²) in [5.41, 5.74) is -0.382. The summed E-state index contributed by atoms with van der Waals surface area (Å²) in [7, 11) is 1.74. The highest BCUT2D eigenvalue weighted by molar-refractivity contribution is 6.31. The van der Waals surface area contributed by atoms with Crippen molar-refractivity contribution in [2.75, 3.05) is 13.7 Å². The van der Waals surface area contributed by atoms with Crippen LogP contribution in [0.4, 0.5) is 9.18 Å². The zero-order valence-electron chi connectivity index (χ0n) is 14.4. The molecule has 2 aliphatic rings. The van der Waals surface area contributed by atoms with Crippen molar-refractivity contribution < 1.29 is 14.0 Å². The lowest BCUT2D eigenvalue weighted by molar-refractivity contribution is -0.133. The van der Waals surface area contributed by atoms with Gasteiger partial charge in [-0.05, 0) is 32.0 Å². The molecule has 25 heavy (non-hydrogen) atoms. The van der Waals surface area contributed by atoms with Crippen LogP contribution in [0.2, 0.25) is 5.02 Å². The number of carbonyl (C=O) groups excluding carboxylic acids is 2. The van der Waals surface area contributed by atoms with Crippen LogP contribution >= 0.6 is 11.6 Å². The van der Waals surface area contributed by atoms with Gasteiger partial charge in [0.25, 0.3) is 5.91 Å². The topological polar surface area (TPSA) is 52.6 Å². The largest absolute Gasteiger partial charge is 0.326 e. The smallest absolute Gasteiger partial charge is 0.323 e. The maximum Gasteiger partial charge on any atom is 0.326 e. The zero-order chi connectivity index (χ0) is 18.0. The second-order valence-corrected chi connectivity index (χ2v) is 7.42. The number of hydrogen-bond donors (Lipinski definition) is 1. The summed E-state index contributed by atoms with van der Waals surface area (Å²) in [5.74, 6) is -0.553. The van der Waals surface area contributed by atoms with Crippen molar-refractivity contribution in [1.29, 1.82) is 0 Å². The second kappa shape index (κ2) is 7.30. The Labute approximate surface area is 152 Å². The van der Waals surface area contributed by atoms with Gasteiger partial charge in [0.2, 0.25) is 0 Å². The first-order valence-electron chi connectivity index (χ1n) is 8.68. The first kappa shape index (κ1) is 18.1. The van der Waals surface area contributed by atoms with Gasteiger partial charge in [0.15, 0.2) is 0 Å². The van der Waals surface area contributed by atoms with Gasteiger partial charge in [0, 0.05) is 17.1 Å². The summed E-state index contributed by atoms with van der Waals surface area (Å²) in [6, 6.07) is 4.16. The Bertz CT molecular complexity index is 654. The normalized spacial score (nSPS) is 20.2. The van der Waals surface area contributed by atoms with Gasteiger partial charge in [-0.2, -0.15) is 0 Å². The van der Waals surface area contributed by atoms with E-state index in [1.54, 1.807) is 24.1 Å². The molecule has 1 aromatic rings. The second-order valence-electron chi connectivity index (χ2n) is 7.02. The summed E-state index contributed by atoms with van der Waals surface area (Å²) in [6.45, 7) is 0.326. The Hall–Kier alpha value is -1.66. The predicted octanol–water partition coefficient (Wildman–Crippen LogP) is 3.51. The molecule has 1 aliphatic heterocycles. The van der Waals surface area contributed by atoms with E-state index in [-0.39, 0.29) is 25.2 Å². The van der Waals surface area contributed by atoms with Crippen LogP contribution < -0.4 is 5.32 Å². The fourth-order valence-electron chi connectivity index (χ4n) is 3.72. The molecule has 3 amide bonds. The average Bonchev–Trinajstić information content (AvgIpc) is 2.74. The van der Waals surface area contributed by atoms with E-state index in [9.17, 15) is 14.0 Å². The van der Waals surface area contributed by atoms with Crippen LogP contribution in [0.15, 0.2) is 18.2 Å². The van der Waals surface area contributed by atoms with Crippen molar-refractivity contribution in [3.8, 4) is 0 Å². The molecular formula is C18H23ClFN3O2. The number of benzene rings is 1. The Morgan fingerprint density at radius 1 is 1.24 bits per heavy atom. The van der Waals surface area contributed by atoms with E-state index in [1.807, 2.05) is 0 Å². The van der Waals surface area contributed by atoms with Gasteiger partial charge in [-0.3, -0.25) is 9.69 Å². The van der Waals surface area contributed by atoms with Gasteiger partial charge >= 0.3 is 6.03 Å². The Kier molecular flexibility index (Phi) is 5.29. The Morgan fingerprint density at radius 3 is 2.56 bits per heavy atom. The van der Waals surface area contributed by atoms with E-state index in [0.717, 1.165) is 25.7 Å². The number of carbonyl (C=O) groups is 2. The molecule has 136 valence electrons. The van der Waals surface area contributed by atoms with Crippen molar-refractivity contribution in [2.45, 2.75) is 50.6 Å². The molecule has 3 rings (SSSR count). The lowest BCUT2D eigenvalue weighted by atomic mass is 9.90. The molecule has 1 N–H and O–H groups in total. The first-order chi connectivity index (χ1) is 11.9. The molecule has 0 unspecified atom stereocenters. The molecule has 1 aromatic carbocycles. The minimum absolute atomic E-state index is 0.108. The third-order valence-electron chi connectivity index (χ3n) is 5.08. The molecule has 1 heterocycles. The van der Waals surface area contributed by atoms with Crippen LogP contribution in [0.5, 0.6) is 0 Å².